The molecule has 0 aliphatic rings. The van der Waals surface area contributed by atoms with Gasteiger partial charge < -0.3 is 14.6 Å². The zero-order valence-corrected chi connectivity index (χ0v) is 15.1. The van der Waals surface area contributed by atoms with Gasteiger partial charge in [0.2, 0.25) is 11.7 Å². The number of carbonyl (C=O) groups is 2. The third-order valence-electron chi connectivity index (χ3n) is 3.87. The second kappa shape index (κ2) is 8.26. The molecule has 1 N–H and O–H groups in total. The van der Waals surface area contributed by atoms with E-state index in [4.69, 9.17) is 4.74 Å². The Kier molecular flexibility index (Phi) is 5.60. The summed E-state index contributed by atoms with van der Waals surface area (Å²) in [6.07, 6.45) is 3.68. The SMILES string of the molecule is CCOC(=O)Cn1nnc(-c2cccc(NC(=O)C(C)n3cccc3)c2)n1. The Bertz CT molecular complexity index is 919. The van der Waals surface area contributed by atoms with Crippen LogP contribution in [0.5, 0.6) is 0 Å². The maximum absolute atomic E-state index is 12.4. The summed E-state index contributed by atoms with van der Waals surface area (Å²) in [4.78, 5) is 25.1. The van der Waals surface area contributed by atoms with Gasteiger partial charge in [-0.15, -0.1) is 10.2 Å². The summed E-state index contributed by atoms with van der Waals surface area (Å²) in [5.41, 5.74) is 1.30. The van der Waals surface area contributed by atoms with Crippen molar-refractivity contribution in [1.82, 2.24) is 24.8 Å². The minimum absolute atomic E-state index is 0.106. The van der Waals surface area contributed by atoms with Gasteiger partial charge in [-0.3, -0.25) is 4.79 Å². The van der Waals surface area contributed by atoms with Crippen LogP contribution in [0, 0.1) is 0 Å². The molecule has 1 unspecified atom stereocenters. The van der Waals surface area contributed by atoms with Gasteiger partial charge >= 0.3 is 5.97 Å². The molecule has 0 bridgehead atoms. The average Bonchev–Trinajstić information content (AvgIpc) is 3.33. The van der Waals surface area contributed by atoms with Crippen LogP contribution in [0.4, 0.5) is 5.69 Å². The number of amides is 1. The molecule has 0 aliphatic heterocycles. The van der Waals surface area contributed by atoms with Gasteiger partial charge in [0, 0.05) is 23.6 Å². The van der Waals surface area contributed by atoms with E-state index in [1.54, 1.807) is 31.2 Å². The number of hydrogen-bond donors (Lipinski definition) is 1. The largest absolute Gasteiger partial charge is 0.465 e. The number of rotatable bonds is 7. The second-order valence-corrected chi connectivity index (χ2v) is 5.82. The maximum Gasteiger partial charge on any atom is 0.329 e. The van der Waals surface area contributed by atoms with Gasteiger partial charge in [-0.25, -0.2) is 4.79 Å². The summed E-state index contributed by atoms with van der Waals surface area (Å²) in [5.74, 6) is -0.211. The van der Waals surface area contributed by atoms with Crippen molar-refractivity contribution >= 4 is 17.6 Å². The number of ether oxygens (including phenoxy) is 1. The number of nitrogens with zero attached hydrogens (tertiary/aromatic N) is 5. The zero-order chi connectivity index (χ0) is 19.2. The van der Waals surface area contributed by atoms with Crippen molar-refractivity contribution < 1.29 is 14.3 Å². The number of carbonyl (C=O) groups excluding carboxylic acids is 2. The third-order valence-corrected chi connectivity index (χ3v) is 3.87. The van der Waals surface area contributed by atoms with E-state index in [0.29, 0.717) is 23.7 Å². The van der Waals surface area contributed by atoms with E-state index >= 15 is 0 Å². The Morgan fingerprint density at radius 1 is 1.22 bits per heavy atom. The van der Waals surface area contributed by atoms with Crippen molar-refractivity contribution in [3.8, 4) is 11.4 Å². The molecule has 140 valence electrons. The van der Waals surface area contributed by atoms with Crippen LogP contribution in [0.3, 0.4) is 0 Å². The lowest BCUT2D eigenvalue weighted by atomic mass is 10.2. The Labute approximate surface area is 155 Å². The van der Waals surface area contributed by atoms with Gasteiger partial charge in [-0.2, -0.15) is 4.80 Å². The molecular weight excluding hydrogens is 348 g/mol. The summed E-state index contributed by atoms with van der Waals surface area (Å²) in [5, 5.41) is 14.9. The van der Waals surface area contributed by atoms with Crippen molar-refractivity contribution in [2.75, 3.05) is 11.9 Å². The van der Waals surface area contributed by atoms with E-state index < -0.39 is 5.97 Å². The van der Waals surface area contributed by atoms with Crippen LogP contribution in [0.1, 0.15) is 19.9 Å². The third kappa shape index (κ3) is 4.57. The molecule has 0 spiro atoms. The van der Waals surface area contributed by atoms with Crippen LogP contribution in [0.2, 0.25) is 0 Å². The quantitative estimate of drug-likeness (QED) is 0.639. The van der Waals surface area contributed by atoms with Crippen molar-refractivity contribution in [3.63, 3.8) is 0 Å². The van der Waals surface area contributed by atoms with Crippen molar-refractivity contribution in [3.05, 3.63) is 48.8 Å². The molecule has 3 aromatic rings. The van der Waals surface area contributed by atoms with E-state index in [0.717, 1.165) is 0 Å². The lowest BCUT2D eigenvalue weighted by Gasteiger charge is -2.14. The van der Waals surface area contributed by atoms with Crippen molar-refractivity contribution in [1.29, 1.82) is 0 Å². The molecule has 1 aromatic carbocycles. The van der Waals surface area contributed by atoms with Crippen LogP contribution in [-0.4, -0.2) is 43.3 Å². The summed E-state index contributed by atoms with van der Waals surface area (Å²) >= 11 is 0. The summed E-state index contributed by atoms with van der Waals surface area (Å²) < 4.78 is 6.68. The molecule has 0 saturated carbocycles. The van der Waals surface area contributed by atoms with Gasteiger partial charge in [0.05, 0.1) is 6.61 Å². The van der Waals surface area contributed by atoms with Gasteiger partial charge in [-0.1, -0.05) is 12.1 Å². The Morgan fingerprint density at radius 3 is 2.74 bits per heavy atom. The minimum Gasteiger partial charge on any atom is -0.465 e. The predicted octanol–water partition coefficient (Wildman–Crippen LogP) is 1.90. The van der Waals surface area contributed by atoms with Gasteiger partial charge in [0.1, 0.15) is 6.04 Å². The van der Waals surface area contributed by atoms with E-state index in [2.05, 4.69) is 20.7 Å². The van der Waals surface area contributed by atoms with Gasteiger partial charge in [-0.05, 0) is 43.3 Å². The molecule has 0 aliphatic carbocycles. The number of hydrogen-bond acceptors (Lipinski definition) is 6. The number of anilines is 1. The number of aromatic nitrogens is 5. The van der Waals surface area contributed by atoms with E-state index in [1.165, 1.54) is 4.80 Å². The first-order chi connectivity index (χ1) is 13.1. The number of nitrogens with one attached hydrogen (secondary N) is 1. The molecule has 9 nitrogen and oxygen atoms in total. The highest BCUT2D eigenvalue weighted by molar-refractivity contribution is 5.94. The Hall–Kier alpha value is -3.49. The fraction of sp³-hybridized carbons (Fsp3) is 0.278. The maximum atomic E-state index is 12.4. The molecule has 9 heteroatoms. The van der Waals surface area contributed by atoms with Crippen molar-refractivity contribution in [2.24, 2.45) is 0 Å². The number of tetrazole rings is 1. The molecule has 0 radical (unpaired) electrons. The first-order valence-corrected chi connectivity index (χ1v) is 8.54. The molecule has 27 heavy (non-hydrogen) atoms. The van der Waals surface area contributed by atoms with Crippen LogP contribution >= 0.6 is 0 Å². The molecule has 2 heterocycles. The number of esters is 1. The first kappa shape index (κ1) is 18.3. The van der Waals surface area contributed by atoms with E-state index in [9.17, 15) is 9.59 Å². The second-order valence-electron chi connectivity index (χ2n) is 5.82. The topological polar surface area (TPSA) is 104 Å². The Balaban J connectivity index is 1.69. The molecular formula is C18H20N6O3. The normalized spacial score (nSPS) is 11.8. The highest BCUT2D eigenvalue weighted by Gasteiger charge is 2.15. The summed E-state index contributed by atoms with van der Waals surface area (Å²) in [6, 6.07) is 10.5. The number of benzene rings is 1. The average molecular weight is 368 g/mol. The molecule has 2 aromatic heterocycles. The zero-order valence-electron chi connectivity index (χ0n) is 15.1. The van der Waals surface area contributed by atoms with Gasteiger partial charge in [0.25, 0.3) is 0 Å². The van der Waals surface area contributed by atoms with Crippen LogP contribution in [0.25, 0.3) is 11.4 Å². The fourth-order valence-electron chi connectivity index (χ4n) is 2.47. The fourth-order valence-corrected chi connectivity index (χ4v) is 2.47. The van der Waals surface area contributed by atoms with Crippen molar-refractivity contribution in [2.45, 2.75) is 26.4 Å². The highest BCUT2D eigenvalue weighted by atomic mass is 16.5. The summed E-state index contributed by atoms with van der Waals surface area (Å²) in [7, 11) is 0. The smallest absolute Gasteiger partial charge is 0.329 e. The molecule has 1 amide bonds. The monoisotopic (exact) mass is 368 g/mol. The summed E-state index contributed by atoms with van der Waals surface area (Å²) in [6.45, 7) is 3.74. The van der Waals surface area contributed by atoms with Gasteiger partial charge in [0.15, 0.2) is 6.54 Å². The highest BCUT2D eigenvalue weighted by Crippen LogP contribution is 2.20. The lowest BCUT2D eigenvalue weighted by Crippen LogP contribution is -2.22. The van der Waals surface area contributed by atoms with Crippen LogP contribution < -0.4 is 5.32 Å². The Morgan fingerprint density at radius 2 is 2.00 bits per heavy atom. The van der Waals surface area contributed by atoms with Crippen LogP contribution in [0.15, 0.2) is 48.8 Å². The standard InChI is InChI=1S/C18H20N6O3/c1-3-27-16(25)12-24-21-17(20-22-24)14-7-6-8-15(11-14)19-18(26)13(2)23-9-4-5-10-23/h4-11,13H,3,12H2,1-2H3,(H,19,26). The van der Waals surface area contributed by atoms with E-state index in [1.807, 2.05) is 36.0 Å². The molecule has 0 saturated heterocycles. The molecule has 1 atom stereocenters. The molecule has 0 fully saturated rings. The van der Waals surface area contributed by atoms with Crippen LogP contribution in [-0.2, 0) is 20.9 Å². The predicted molar refractivity (Wildman–Crippen MR) is 97.7 cm³/mol. The minimum atomic E-state index is -0.429. The lowest BCUT2D eigenvalue weighted by molar-refractivity contribution is -0.144. The van der Waals surface area contributed by atoms with E-state index in [-0.39, 0.29) is 18.5 Å². The molecule has 3 rings (SSSR count). The first-order valence-electron chi connectivity index (χ1n) is 8.54.